The standard InChI is InChI=1S/C18H17N5O3/c1-4-10(2)23-17(25)13-6-5-11(7-14(13)18(23)26)16(24)21-15-12(8-19)9-20-22(15)3/h5-7,9-10H,4H2,1-3H3,(H,21,24). The van der Waals surface area contributed by atoms with Crippen molar-refractivity contribution in [2.24, 2.45) is 7.05 Å². The molecule has 8 nitrogen and oxygen atoms in total. The van der Waals surface area contributed by atoms with Gasteiger partial charge in [0.25, 0.3) is 17.7 Å². The molecule has 3 amide bonds. The predicted molar refractivity (Wildman–Crippen MR) is 92.6 cm³/mol. The Morgan fingerprint density at radius 1 is 1.31 bits per heavy atom. The molecule has 1 N–H and O–H groups in total. The highest BCUT2D eigenvalue weighted by molar-refractivity contribution is 6.22. The summed E-state index contributed by atoms with van der Waals surface area (Å²) < 4.78 is 1.38. The summed E-state index contributed by atoms with van der Waals surface area (Å²) >= 11 is 0. The van der Waals surface area contributed by atoms with E-state index in [1.54, 1.807) is 14.0 Å². The lowest BCUT2D eigenvalue weighted by Gasteiger charge is -2.20. The van der Waals surface area contributed by atoms with E-state index in [4.69, 9.17) is 5.26 Å². The molecule has 132 valence electrons. The molecule has 0 radical (unpaired) electrons. The zero-order valence-electron chi connectivity index (χ0n) is 14.6. The van der Waals surface area contributed by atoms with Crippen molar-refractivity contribution in [3.63, 3.8) is 0 Å². The molecule has 1 aliphatic rings. The number of benzene rings is 1. The lowest BCUT2D eigenvalue weighted by molar-refractivity contribution is 0.0593. The molecule has 2 heterocycles. The molecule has 0 saturated carbocycles. The smallest absolute Gasteiger partial charge is 0.261 e. The van der Waals surface area contributed by atoms with E-state index >= 15 is 0 Å². The molecule has 1 unspecified atom stereocenters. The number of anilines is 1. The Hall–Kier alpha value is -3.47. The van der Waals surface area contributed by atoms with E-state index in [0.717, 1.165) is 0 Å². The van der Waals surface area contributed by atoms with E-state index in [-0.39, 0.29) is 34.5 Å². The second-order valence-corrected chi connectivity index (χ2v) is 6.09. The average molecular weight is 351 g/mol. The van der Waals surface area contributed by atoms with E-state index in [1.807, 2.05) is 13.0 Å². The first-order chi connectivity index (χ1) is 12.4. The summed E-state index contributed by atoms with van der Waals surface area (Å²) in [5.74, 6) is -0.964. The molecule has 0 bridgehead atoms. The third-order valence-electron chi connectivity index (χ3n) is 4.50. The Morgan fingerprint density at radius 3 is 2.65 bits per heavy atom. The van der Waals surface area contributed by atoms with Crippen molar-refractivity contribution in [3.8, 4) is 6.07 Å². The van der Waals surface area contributed by atoms with Crippen molar-refractivity contribution < 1.29 is 14.4 Å². The molecule has 1 aromatic carbocycles. The van der Waals surface area contributed by atoms with Crippen LogP contribution in [0.25, 0.3) is 0 Å². The normalized spacial score (nSPS) is 14.2. The van der Waals surface area contributed by atoms with Gasteiger partial charge in [-0.1, -0.05) is 6.92 Å². The lowest BCUT2D eigenvalue weighted by Crippen LogP contribution is -2.37. The van der Waals surface area contributed by atoms with Crippen molar-refractivity contribution in [2.45, 2.75) is 26.3 Å². The number of aryl methyl sites for hydroxylation is 1. The number of nitrogens with zero attached hydrogens (tertiary/aromatic N) is 4. The molecule has 0 spiro atoms. The molecule has 2 aromatic rings. The number of hydrogen-bond acceptors (Lipinski definition) is 5. The first kappa shape index (κ1) is 17.4. The van der Waals surface area contributed by atoms with Crippen molar-refractivity contribution in [3.05, 3.63) is 46.6 Å². The Kier molecular flexibility index (Phi) is 4.30. The van der Waals surface area contributed by atoms with Crippen LogP contribution >= 0.6 is 0 Å². The van der Waals surface area contributed by atoms with Gasteiger partial charge in [-0.25, -0.2) is 0 Å². The van der Waals surface area contributed by atoms with Crippen LogP contribution in [0.5, 0.6) is 0 Å². The molecular weight excluding hydrogens is 334 g/mol. The van der Waals surface area contributed by atoms with Crippen molar-refractivity contribution in [2.75, 3.05) is 5.32 Å². The van der Waals surface area contributed by atoms with Crippen LogP contribution in [0.15, 0.2) is 24.4 Å². The molecule has 0 saturated heterocycles. The van der Waals surface area contributed by atoms with Gasteiger partial charge in [0.15, 0.2) is 0 Å². The number of carbonyl (C=O) groups is 3. The lowest BCUT2D eigenvalue weighted by atomic mass is 10.1. The third-order valence-corrected chi connectivity index (χ3v) is 4.50. The maximum atomic E-state index is 12.6. The zero-order chi connectivity index (χ0) is 19.0. The highest BCUT2D eigenvalue weighted by Gasteiger charge is 2.38. The monoisotopic (exact) mass is 351 g/mol. The van der Waals surface area contributed by atoms with Crippen LogP contribution in [0.4, 0.5) is 5.82 Å². The molecule has 3 rings (SSSR count). The van der Waals surface area contributed by atoms with Gasteiger partial charge in [0, 0.05) is 18.7 Å². The minimum absolute atomic E-state index is 0.215. The Balaban J connectivity index is 1.91. The minimum Gasteiger partial charge on any atom is -0.306 e. The van der Waals surface area contributed by atoms with Crippen LogP contribution in [0.1, 0.15) is 56.9 Å². The number of rotatable bonds is 4. The van der Waals surface area contributed by atoms with E-state index in [1.165, 1.54) is 34.0 Å². The first-order valence-electron chi connectivity index (χ1n) is 8.14. The van der Waals surface area contributed by atoms with Gasteiger partial charge >= 0.3 is 0 Å². The molecule has 8 heteroatoms. The maximum Gasteiger partial charge on any atom is 0.261 e. The highest BCUT2D eigenvalue weighted by atomic mass is 16.2. The Labute approximate surface area is 150 Å². The van der Waals surface area contributed by atoms with E-state index in [0.29, 0.717) is 12.0 Å². The topological polar surface area (TPSA) is 108 Å². The predicted octanol–water partition coefficient (Wildman–Crippen LogP) is 1.94. The van der Waals surface area contributed by atoms with Crippen molar-refractivity contribution in [1.29, 1.82) is 5.26 Å². The van der Waals surface area contributed by atoms with Gasteiger partial charge in [-0.2, -0.15) is 10.4 Å². The number of nitrogens with one attached hydrogen (secondary N) is 1. The van der Waals surface area contributed by atoms with E-state index < -0.39 is 11.8 Å². The summed E-state index contributed by atoms with van der Waals surface area (Å²) in [5.41, 5.74) is 0.968. The third kappa shape index (κ3) is 2.63. The molecule has 0 aliphatic carbocycles. The molecule has 1 atom stereocenters. The SMILES string of the molecule is CCC(C)N1C(=O)c2ccc(C(=O)Nc3c(C#N)cnn3C)cc2C1=O. The van der Waals surface area contributed by atoms with E-state index in [2.05, 4.69) is 10.4 Å². The van der Waals surface area contributed by atoms with E-state index in [9.17, 15) is 14.4 Å². The van der Waals surface area contributed by atoms with Gasteiger partial charge < -0.3 is 5.32 Å². The van der Waals surface area contributed by atoms with Crippen molar-refractivity contribution >= 4 is 23.5 Å². The zero-order valence-corrected chi connectivity index (χ0v) is 14.6. The van der Waals surface area contributed by atoms with Gasteiger partial charge in [-0.3, -0.25) is 24.0 Å². The molecular formula is C18H17N5O3. The summed E-state index contributed by atoms with van der Waals surface area (Å²) in [6.45, 7) is 3.70. The van der Waals surface area contributed by atoms with Gasteiger partial charge in [-0.15, -0.1) is 0 Å². The first-order valence-corrected chi connectivity index (χ1v) is 8.14. The van der Waals surface area contributed by atoms with Crippen LogP contribution in [0.3, 0.4) is 0 Å². The van der Waals surface area contributed by atoms with Crippen LogP contribution in [0.2, 0.25) is 0 Å². The fourth-order valence-electron chi connectivity index (χ4n) is 2.83. The number of carbonyl (C=O) groups excluding carboxylic acids is 3. The van der Waals surface area contributed by atoms with Crippen LogP contribution < -0.4 is 5.32 Å². The molecule has 1 aliphatic heterocycles. The quantitative estimate of drug-likeness (QED) is 0.847. The fourth-order valence-corrected chi connectivity index (χ4v) is 2.83. The number of hydrogen-bond donors (Lipinski definition) is 1. The number of fused-ring (bicyclic) bond motifs is 1. The molecule has 0 fully saturated rings. The number of nitriles is 1. The second-order valence-electron chi connectivity index (χ2n) is 6.09. The minimum atomic E-state index is -0.491. The highest BCUT2D eigenvalue weighted by Crippen LogP contribution is 2.27. The maximum absolute atomic E-state index is 12.6. The second kappa shape index (κ2) is 6.44. The summed E-state index contributed by atoms with van der Waals surface area (Å²) in [6, 6.07) is 6.12. The summed E-state index contributed by atoms with van der Waals surface area (Å²) in [6.07, 6.45) is 2.00. The summed E-state index contributed by atoms with van der Waals surface area (Å²) in [4.78, 5) is 38.7. The van der Waals surface area contributed by atoms with Gasteiger partial charge in [-0.05, 0) is 31.5 Å². The van der Waals surface area contributed by atoms with Gasteiger partial charge in [0.05, 0.1) is 17.3 Å². The van der Waals surface area contributed by atoms with Crippen LogP contribution in [-0.2, 0) is 7.05 Å². The van der Waals surface area contributed by atoms with Gasteiger partial charge in [0.2, 0.25) is 0 Å². The Bertz CT molecular complexity index is 970. The largest absolute Gasteiger partial charge is 0.306 e. The van der Waals surface area contributed by atoms with Crippen LogP contribution in [0, 0.1) is 11.3 Å². The molecule has 1 aromatic heterocycles. The Morgan fingerprint density at radius 2 is 2.00 bits per heavy atom. The van der Waals surface area contributed by atoms with Crippen LogP contribution in [-0.4, -0.2) is 38.4 Å². The molecule has 26 heavy (non-hydrogen) atoms. The average Bonchev–Trinajstić information content (AvgIpc) is 3.11. The summed E-state index contributed by atoms with van der Waals surface area (Å²) in [7, 11) is 1.60. The number of amides is 3. The van der Waals surface area contributed by atoms with Gasteiger partial charge in [0.1, 0.15) is 17.5 Å². The fraction of sp³-hybridized carbons (Fsp3) is 0.278. The number of aromatic nitrogens is 2. The van der Waals surface area contributed by atoms with Crippen molar-refractivity contribution in [1.82, 2.24) is 14.7 Å². The summed E-state index contributed by atoms with van der Waals surface area (Å²) in [5, 5.41) is 15.6. The number of imide groups is 1.